The van der Waals surface area contributed by atoms with E-state index < -0.39 is 0 Å². The van der Waals surface area contributed by atoms with Crippen LogP contribution in [0, 0.1) is 6.92 Å². The topological polar surface area (TPSA) is 53.0 Å². The molecule has 3 rings (SSSR count). The number of para-hydroxylation sites is 3. The predicted molar refractivity (Wildman–Crippen MR) is 103 cm³/mol. The molecular formula is C21H26N2O3. The van der Waals surface area contributed by atoms with Crippen molar-refractivity contribution in [3.8, 4) is 11.5 Å². The van der Waals surface area contributed by atoms with Crippen LogP contribution in [0.1, 0.15) is 18.4 Å². The number of piperazine rings is 1. The number of carbonyl (C=O) groups excluding carboxylic acids is 1. The fourth-order valence-electron chi connectivity index (χ4n) is 3.21. The lowest BCUT2D eigenvalue weighted by molar-refractivity contribution is -0.131. The van der Waals surface area contributed by atoms with Crippen molar-refractivity contribution >= 4 is 11.6 Å². The van der Waals surface area contributed by atoms with E-state index in [0.29, 0.717) is 38.3 Å². The number of carbonyl (C=O) groups is 1. The van der Waals surface area contributed by atoms with Crippen molar-refractivity contribution in [1.82, 2.24) is 4.90 Å². The minimum absolute atomic E-state index is 0.176. The van der Waals surface area contributed by atoms with Crippen LogP contribution in [0.5, 0.6) is 11.5 Å². The van der Waals surface area contributed by atoms with Gasteiger partial charge in [-0.25, -0.2) is 0 Å². The lowest BCUT2D eigenvalue weighted by Crippen LogP contribution is -2.48. The van der Waals surface area contributed by atoms with E-state index in [0.717, 1.165) is 30.1 Å². The largest absolute Gasteiger partial charge is 0.506 e. The number of rotatable bonds is 6. The van der Waals surface area contributed by atoms with Gasteiger partial charge < -0.3 is 19.6 Å². The van der Waals surface area contributed by atoms with Gasteiger partial charge in [0.25, 0.3) is 0 Å². The zero-order valence-corrected chi connectivity index (χ0v) is 15.2. The van der Waals surface area contributed by atoms with E-state index in [1.165, 1.54) is 0 Å². The zero-order chi connectivity index (χ0) is 18.4. The lowest BCUT2D eigenvalue weighted by Gasteiger charge is -2.36. The summed E-state index contributed by atoms with van der Waals surface area (Å²) in [4.78, 5) is 16.4. The summed E-state index contributed by atoms with van der Waals surface area (Å²) >= 11 is 0. The quantitative estimate of drug-likeness (QED) is 0.810. The van der Waals surface area contributed by atoms with Crippen molar-refractivity contribution in [3.63, 3.8) is 0 Å². The molecule has 1 aliphatic rings. The normalized spacial score (nSPS) is 14.3. The minimum atomic E-state index is 0.176. The van der Waals surface area contributed by atoms with Gasteiger partial charge in [-0.3, -0.25) is 4.79 Å². The third-order valence-electron chi connectivity index (χ3n) is 4.74. The molecule has 1 aliphatic heterocycles. The maximum absolute atomic E-state index is 12.4. The monoisotopic (exact) mass is 354 g/mol. The van der Waals surface area contributed by atoms with Crippen molar-refractivity contribution in [2.75, 3.05) is 37.7 Å². The van der Waals surface area contributed by atoms with Crippen LogP contribution in [0.3, 0.4) is 0 Å². The first-order chi connectivity index (χ1) is 12.6. The number of phenolic OH excluding ortho intramolecular Hbond substituents is 1. The first-order valence-corrected chi connectivity index (χ1v) is 9.14. The molecule has 2 aromatic carbocycles. The predicted octanol–water partition coefficient (Wildman–Crippen LogP) is 3.21. The molecule has 0 aromatic heterocycles. The van der Waals surface area contributed by atoms with Crippen LogP contribution in [0.15, 0.2) is 48.5 Å². The molecule has 0 atom stereocenters. The van der Waals surface area contributed by atoms with Gasteiger partial charge in [0.05, 0.1) is 12.3 Å². The van der Waals surface area contributed by atoms with Crippen molar-refractivity contribution in [1.29, 1.82) is 0 Å². The summed E-state index contributed by atoms with van der Waals surface area (Å²) in [5.74, 6) is 1.35. The highest BCUT2D eigenvalue weighted by Crippen LogP contribution is 2.27. The highest BCUT2D eigenvalue weighted by atomic mass is 16.5. The molecule has 1 heterocycles. The minimum Gasteiger partial charge on any atom is -0.506 e. The van der Waals surface area contributed by atoms with Gasteiger partial charge in [0, 0.05) is 32.6 Å². The molecule has 0 aliphatic carbocycles. The number of aryl methyl sites for hydroxylation is 1. The number of hydrogen-bond acceptors (Lipinski definition) is 4. The Morgan fingerprint density at radius 3 is 2.46 bits per heavy atom. The zero-order valence-electron chi connectivity index (χ0n) is 15.2. The number of aromatic hydroxyl groups is 1. The second-order valence-corrected chi connectivity index (χ2v) is 6.57. The van der Waals surface area contributed by atoms with E-state index in [2.05, 4.69) is 4.90 Å². The van der Waals surface area contributed by atoms with Crippen LogP contribution in [0.4, 0.5) is 5.69 Å². The molecule has 2 aromatic rings. The Hall–Kier alpha value is -2.69. The number of nitrogens with zero attached hydrogens (tertiary/aromatic N) is 2. The first kappa shape index (κ1) is 18.1. The molecule has 138 valence electrons. The van der Waals surface area contributed by atoms with Crippen LogP contribution >= 0.6 is 0 Å². The Bertz CT molecular complexity index is 740. The van der Waals surface area contributed by atoms with E-state index >= 15 is 0 Å². The van der Waals surface area contributed by atoms with Gasteiger partial charge in [-0.2, -0.15) is 0 Å². The Morgan fingerprint density at radius 1 is 1.04 bits per heavy atom. The van der Waals surface area contributed by atoms with Gasteiger partial charge in [-0.1, -0.05) is 30.3 Å². The molecule has 0 bridgehead atoms. The Labute approximate surface area is 154 Å². The van der Waals surface area contributed by atoms with E-state index in [-0.39, 0.29) is 5.91 Å². The Morgan fingerprint density at radius 2 is 1.73 bits per heavy atom. The second-order valence-electron chi connectivity index (χ2n) is 6.57. The number of ether oxygens (including phenoxy) is 1. The van der Waals surface area contributed by atoms with Crippen molar-refractivity contribution in [2.45, 2.75) is 19.8 Å². The summed E-state index contributed by atoms with van der Waals surface area (Å²) in [6, 6.07) is 15.3. The molecule has 1 fully saturated rings. The van der Waals surface area contributed by atoms with Gasteiger partial charge in [0.2, 0.25) is 5.91 Å². The summed E-state index contributed by atoms with van der Waals surface area (Å²) in [7, 11) is 0. The molecule has 26 heavy (non-hydrogen) atoms. The van der Waals surface area contributed by atoms with E-state index in [1.807, 2.05) is 54.3 Å². The van der Waals surface area contributed by atoms with Gasteiger partial charge in [0.1, 0.15) is 11.5 Å². The molecular weight excluding hydrogens is 328 g/mol. The van der Waals surface area contributed by atoms with Crippen molar-refractivity contribution in [2.24, 2.45) is 0 Å². The standard InChI is InChI=1S/C21H26N2O3/c1-17-7-2-5-10-20(17)26-16-6-11-21(25)23-14-12-22(13-15-23)18-8-3-4-9-19(18)24/h2-5,7-10,24H,6,11-16H2,1H3. The Kier molecular flexibility index (Phi) is 6.00. The first-order valence-electron chi connectivity index (χ1n) is 9.14. The summed E-state index contributed by atoms with van der Waals surface area (Å²) in [6.45, 7) is 5.42. The number of benzene rings is 2. The van der Waals surface area contributed by atoms with Crippen LogP contribution < -0.4 is 9.64 Å². The van der Waals surface area contributed by atoms with Gasteiger partial charge in [0.15, 0.2) is 0 Å². The summed E-state index contributed by atoms with van der Waals surface area (Å²) < 4.78 is 5.76. The summed E-state index contributed by atoms with van der Waals surface area (Å²) in [5.41, 5.74) is 1.95. The fourth-order valence-corrected chi connectivity index (χ4v) is 3.21. The second kappa shape index (κ2) is 8.61. The maximum Gasteiger partial charge on any atom is 0.222 e. The highest BCUT2D eigenvalue weighted by molar-refractivity contribution is 5.76. The average molecular weight is 354 g/mol. The molecule has 0 saturated carbocycles. The van der Waals surface area contributed by atoms with Crippen LogP contribution in [0.25, 0.3) is 0 Å². The van der Waals surface area contributed by atoms with E-state index in [9.17, 15) is 9.90 Å². The van der Waals surface area contributed by atoms with Gasteiger partial charge in [-0.05, 0) is 37.1 Å². The van der Waals surface area contributed by atoms with Gasteiger partial charge >= 0.3 is 0 Å². The smallest absolute Gasteiger partial charge is 0.222 e. The average Bonchev–Trinajstić information content (AvgIpc) is 2.67. The molecule has 5 nitrogen and oxygen atoms in total. The van der Waals surface area contributed by atoms with Crippen LogP contribution in [-0.2, 0) is 4.79 Å². The lowest BCUT2D eigenvalue weighted by atomic mass is 10.2. The van der Waals surface area contributed by atoms with Crippen molar-refractivity contribution < 1.29 is 14.6 Å². The summed E-state index contributed by atoms with van der Waals surface area (Å²) in [6.07, 6.45) is 1.22. The molecule has 0 radical (unpaired) electrons. The third-order valence-corrected chi connectivity index (χ3v) is 4.74. The molecule has 1 saturated heterocycles. The SMILES string of the molecule is Cc1ccccc1OCCCC(=O)N1CCN(c2ccccc2O)CC1. The van der Waals surface area contributed by atoms with Gasteiger partial charge in [-0.15, -0.1) is 0 Å². The molecule has 0 unspecified atom stereocenters. The highest BCUT2D eigenvalue weighted by Gasteiger charge is 2.22. The van der Waals surface area contributed by atoms with E-state index in [1.54, 1.807) is 6.07 Å². The summed E-state index contributed by atoms with van der Waals surface area (Å²) in [5, 5.41) is 9.96. The van der Waals surface area contributed by atoms with Crippen LogP contribution in [-0.4, -0.2) is 48.7 Å². The third kappa shape index (κ3) is 4.48. The molecule has 5 heteroatoms. The Balaban J connectivity index is 1.40. The molecule has 1 N–H and O–H groups in total. The number of phenols is 1. The molecule has 0 spiro atoms. The van der Waals surface area contributed by atoms with Crippen molar-refractivity contribution in [3.05, 3.63) is 54.1 Å². The van der Waals surface area contributed by atoms with Crippen LogP contribution in [0.2, 0.25) is 0 Å². The number of amides is 1. The number of anilines is 1. The van der Waals surface area contributed by atoms with E-state index in [4.69, 9.17) is 4.74 Å². The molecule has 1 amide bonds. The fraction of sp³-hybridized carbons (Fsp3) is 0.381. The number of hydrogen-bond donors (Lipinski definition) is 1. The maximum atomic E-state index is 12.4.